The van der Waals surface area contributed by atoms with Crippen LogP contribution in [-0.2, 0) is 0 Å². The summed E-state index contributed by atoms with van der Waals surface area (Å²) in [6.07, 6.45) is 1.85. The molecule has 2 aliphatic rings. The number of hydrogen-bond donors (Lipinski definition) is 3. The van der Waals surface area contributed by atoms with E-state index >= 15 is 0 Å². The third kappa shape index (κ3) is 1.69. The van der Waals surface area contributed by atoms with Crippen LogP contribution in [0.25, 0.3) is 0 Å². The smallest absolute Gasteiger partial charge is 0.255 e. The van der Waals surface area contributed by atoms with Gasteiger partial charge >= 0.3 is 0 Å². The van der Waals surface area contributed by atoms with Gasteiger partial charge in [0.1, 0.15) is 5.66 Å². The summed E-state index contributed by atoms with van der Waals surface area (Å²) in [4.78, 5) is 12.1. The third-order valence-electron chi connectivity index (χ3n) is 3.69. The Morgan fingerprint density at radius 2 is 1.94 bits per heavy atom. The van der Waals surface area contributed by atoms with E-state index in [4.69, 9.17) is 0 Å². The van der Waals surface area contributed by atoms with E-state index in [9.17, 15) is 4.79 Å². The van der Waals surface area contributed by atoms with Crippen LogP contribution >= 0.6 is 0 Å². The molecule has 0 saturated carbocycles. The highest BCUT2D eigenvalue weighted by molar-refractivity contribution is 6.02. The van der Waals surface area contributed by atoms with Crippen molar-refractivity contribution >= 4 is 11.6 Å². The zero-order valence-corrected chi connectivity index (χ0v) is 9.97. The van der Waals surface area contributed by atoms with E-state index in [2.05, 4.69) is 16.0 Å². The van der Waals surface area contributed by atoms with E-state index in [-0.39, 0.29) is 11.6 Å². The van der Waals surface area contributed by atoms with Crippen molar-refractivity contribution in [1.29, 1.82) is 0 Å². The van der Waals surface area contributed by atoms with Gasteiger partial charge in [-0.1, -0.05) is 12.1 Å². The molecule has 4 heteroatoms. The molecule has 1 spiro atoms. The molecule has 3 rings (SSSR count). The van der Waals surface area contributed by atoms with E-state index in [1.54, 1.807) is 0 Å². The number of aryl methyl sites for hydroxylation is 1. The van der Waals surface area contributed by atoms with Gasteiger partial charge in [-0.25, -0.2) is 0 Å². The fraction of sp³-hybridized carbons (Fsp3) is 0.462. The monoisotopic (exact) mass is 231 g/mol. The number of fused-ring (bicyclic) bond motifs is 1. The SMILES string of the molecule is Cc1cccc2c1NC1(CCNCC1)NC2=O. The van der Waals surface area contributed by atoms with Gasteiger partial charge in [0.2, 0.25) is 0 Å². The molecule has 1 fully saturated rings. The Labute approximate surface area is 101 Å². The minimum absolute atomic E-state index is 0.0457. The molecule has 1 amide bonds. The minimum atomic E-state index is -0.249. The summed E-state index contributed by atoms with van der Waals surface area (Å²) < 4.78 is 0. The molecule has 2 aliphatic heterocycles. The number of nitrogens with one attached hydrogen (secondary N) is 3. The van der Waals surface area contributed by atoms with Gasteiger partial charge in [0.25, 0.3) is 5.91 Å². The second-order valence-corrected chi connectivity index (χ2v) is 4.91. The Balaban J connectivity index is 2.02. The first kappa shape index (κ1) is 10.6. The molecule has 0 unspecified atom stereocenters. The van der Waals surface area contributed by atoms with E-state index in [0.29, 0.717) is 0 Å². The molecule has 2 heterocycles. The van der Waals surface area contributed by atoms with E-state index in [1.807, 2.05) is 25.1 Å². The number of rotatable bonds is 0. The molecule has 1 aromatic rings. The highest BCUT2D eigenvalue weighted by atomic mass is 16.2. The quantitative estimate of drug-likeness (QED) is 0.629. The predicted octanol–water partition coefficient (Wildman–Crippen LogP) is 1.23. The first-order chi connectivity index (χ1) is 8.20. The molecule has 0 atom stereocenters. The highest BCUT2D eigenvalue weighted by Gasteiger charge is 2.38. The number of carbonyl (C=O) groups is 1. The number of amides is 1. The van der Waals surface area contributed by atoms with Crippen molar-refractivity contribution in [3.05, 3.63) is 29.3 Å². The zero-order chi connectivity index (χ0) is 11.9. The van der Waals surface area contributed by atoms with Crippen LogP contribution in [0.3, 0.4) is 0 Å². The lowest BCUT2D eigenvalue weighted by Gasteiger charge is -2.43. The maximum Gasteiger partial charge on any atom is 0.255 e. The van der Waals surface area contributed by atoms with Crippen molar-refractivity contribution in [3.63, 3.8) is 0 Å². The second-order valence-electron chi connectivity index (χ2n) is 4.91. The first-order valence-electron chi connectivity index (χ1n) is 6.11. The maximum atomic E-state index is 12.1. The number of hydrogen-bond acceptors (Lipinski definition) is 3. The Bertz CT molecular complexity index is 464. The van der Waals surface area contributed by atoms with Gasteiger partial charge in [-0.2, -0.15) is 0 Å². The summed E-state index contributed by atoms with van der Waals surface area (Å²) in [5.41, 5.74) is 2.64. The molecule has 90 valence electrons. The molecule has 4 nitrogen and oxygen atoms in total. The minimum Gasteiger partial charge on any atom is -0.362 e. The van der Waals surface area contributed by atoms with Crippen LogP contribution in [0.2, 0.25) is 0 Å². The fourth-order valence-electron chi connectivity index (χ4n) is 2.68. The summed E-state index contributed by atoms with van der Waals surface area (Å²) in [7, 11) is 0. The number of para-hydroxylation sites is 1. The van der Waals surface area contributed by atoms with Crippen LogP contribution in [0.5, 0.6) is 0 Å². The lowest BCUT2D eigenvalue weighted by molar-refractivity contribution is 0.0881. The lowest BCUT2D eigenvalue weighted by Crippen LogP contribution is -2.61. The summed E-state index contributed by atoms with van der Waals surface area (Å²) in [5.74, 6) is 0.0457. The molecule has 1 aromatic carbocycles. The van der Waals surface area contributed by atoms with Crippen molar-refractivity contribution in [1.82, 2.24) is 10.6 Å². The Kier molecular flexibility index (Phi) is 2.33. The number of piperidine rings is 1. The molecular weight excluding hydrogens is 214 g/mol. The molecule has 0 radical (unpaired) electrons. The summed E-state index contributed by atoms with van der Waals surface area (Å²) >= 11 is 0. The van der Waals surface area contributed by atoms with Gasteiger partial charge in [0.05, 0.1) is 11.3 Å². The third-order valence-corrected chi connectivity index (χ3v) is 3.69. The summed E-state index contributed by atoms with van der Waals surface area (Å²) in [6, 6.07) is 5.84. The Morgan fingerprint density at radius 1 is 1.18 bits per heavy atom. The van der Waals surface area contributed by atoms with Crippen LogP contribution in [0.4, 0.5) is 5.69 Å². The van der Waals surface area contributed by atoms with Gasteiger partial charge in [0.15, 0.2) is 0 Å². The van der Waals surface area contributed by atoms with E-state index in [1.165, 1.54) is 0 Å². The van der Waals surface area contributed by atoms with Crippen molar-refractivity contribution in [3.8, 4) is 0 Å². The largest absolute Gasteiger partial charge is 0.362 e. The average Bonchev–Trinajstić information content (AvgIpc) is 2.32. The van der Waals surface area contributed by atoms with Gasteiger partial charge in [-0.15, -0.1) is 0 Å². The van der Waals surface area contributed by atoms with E-state index in [0.717, 1.165) is 42.7 Å². The van der Waals surface area contributed by atoms with Crippen molar-refractivity contribution in [2.75, 3.05) is 18.4 Å². The molecule has 17 heavy (non-hydrogen) atoms. The van der Waals surface area contributed by atoms with Gasteiger partial charge in [-0.3, -0.25) is 4.79 Å². The van der Waals surface area contributed by atoms with Gasteiger partial charge in [0, 0.05) is 12.8 Å². The van der Waals surface area contributed by atoms with Gasteiger partial charge in [-0.05, 0) is 31.6 Å². The molecule has 0 aromatic heterocycles. The molecular formula is C13H17N3O. The topological polar surface area (TPSA) is 53.2 Å². The van der Waals surface area contributed by atoms with Crippen LogP contribution < -0.4 is 16.0 Å². The number of anilines is 1. The summed E-state index contributed by atoms with van der Waals surface area (Å²) in [6.45, 7) is 3.92. The van der Waals surface area contributed by atoms with Crippen molar-refractivity contribution in [2.24, 2.45) is 0 Å². The first-order valence-corrected chi connectivity index (χ1v) is 6.11. The maximum absolute atomic E-state index is 12.1. The fourth-order valence-corrected chi connectivity index (χ4v) is 2.68. The van der Waals surface area contributed by atoms with E-state index < -0.39 is 0 Å². The standard InChI is InChI=1S/C13H17N3O/c1-9-3-2-4-10-11(9)15-13(16-12(10)17)5-7-14-8-6-13/h2-4,14-15H,5-8H2,1H3,(H,16,17). The molecule has 0 bridgehead atoms. The average molecular weight is 231 g/mol. The van der Waals surface area contributed by atoms with Crippen LogP contribution in [0.15, 0.2) is 18.2 Å². The molecule has 3 N–H and O–H groups in total. The van der Waals surface area contributed by atoms with Crippen LogP contribution in [-0.4, -0.2) is 24.7 Å². The Morgan fingerprint density at radius 3 is 2.71 bits per heavy atom. The number of carbonyl (C=O) groups excluding carboxylic acids is 1. The highest BCUT2D eigenvalue weighted by Crippen LogP contribution is 2.31. The normalized spacial score (nSPS) is 21.6. The van der Waals surface area contributed by atoms with Crippen molar-refractivity contribution in [2.45, 2.75) is 25.4 Å². The molecule has 1 saturated heterocycles. The van der Waals surface area contributed by atoms with Crippen LogP contribution in [0, 0.1) is 6.92 Å². The zero-order valence-electron chi connectivity index (χ0n) is 9.97. The van der Waals surface area contributed by atoms with Gasteiger partial charge < -0.3 is 16.0 Å². The van der Waals surface area contributed by atoms with Crippen molar-refractivity contribution < 1.29 is 4.79 Å². The second kappa shape index (κ2) is 3.74. The Hall–Kier alpha value is -1.55. The lowest BCUT2D eigenvalue weighted by atomic mass is 9.92. The predicted molar refractivity (Wildman–Crippen MR) is 67.1 cm³/mol. The molecule has 0 aliphatic carbocycles. The number of benzene rings is 1. The summed E-state index contributed by atoms with van der Waals surface area (Å²) in [5, 5.41) is 9.98. The van der Waals surface area contributed by atoms with Crippen LogP contribution in [0.1, 0.15) is 28.8 Å².